The van der Waals surface area contributed by atoms with Gasteiger partial charge in [0.2, 0.25) is 0 Å². The predicted octanol–water partition coefficient (Wildman–Crippen LogP) is 5.46. The Morgan fingerprint density at radius 1 is 0.650 bits per heavy atom. The van der Waals surface area contributed by atoms with Crippen LogP contribution in [-0.4, -0.2) is 0 Å². The molecule has 20 heavy (non-hydrogen) atoms. The summed E-state index contributed by atoms with van der Waals surface area (Å²) in [6.07, 6.45) is 0. The zero-order valence-electron chi connectivity index (χ0n) is 11.0. The first-order valence-electron chi connectivity index (χ1n) is 6.80. The van der Waals surface area contributed by atoms with Gasteiger partial charge in [-0.05, 0) is 50.9 Å². The molecule has 0 saturated carbocycles. The van der Waals surface area contributed by atoms with Crippen LogP contribution < -0.4 is 0 Å². The van der Waals surface area contributed by atoms with Crippen LogP contribution in [0.25, 0.3) is 32.7 Å². The van der Waals surface area contributed by atoms with Crippen molar-refractivity contribution in [2.45, 2.75) is 0 Å². The van der Waals surface area contributed by atoms with Crippen molar-refractivity contribution in [2.24, 2.45) is 0 Å². The maximum Gasteiger partial charge on any atom is -0.00928 e. The van der Waals surface area contributed by atoms with Crippen molar-refractivity contribution in [1.29, 1.82) is 0 Å². The van der Waals surface area contributed by atoms with Crippen molar-refractivity contribution in [1.82, 2.24) is 0 Å². The Balaban J connectivity index is 2.01. The molecule has 1 radical (unpaired) electrons. The van der Waals surface area contributed by atoms with Crippen LogP contribution in [0.2, 0.25) is 0 Å². The summed E-state index contributed by atoms with van der Waals surface area (Å²) in [6.45, 7) is 0. The zero-order valence-corrected chi connectivity index (χ0v) is 11.0. The molecule has 0 heterocycles. The monoisotopic (exact) mass is 253 g/mol. The first-order valence-corrected chi connectivity index (χ1v) is 6.80. The van der Waals surface area contributed by atoms with E-state index in [1.54, 1.807) is 0 Å². The molecular weight excluding hydrogens is 240 g/mol. The second kappa shape index (κ2) is 4.50. The fourth-order valence-electron chi connectivity index (χ4n) is 2.75. The molecule has 4 aromatic rings. The highest BCUT2D eigenvalue weighted by Gasteiger charge is 2.04. The summed E-state index contributed by atoms with van der Waals surface area (Å²) in [4.78, 5) is 0. The van der Waals surface area contributed by atoms with Crippen LogP contribution in [0.3, 0.4) is 0 Å². The highest BCUT2D eigenvalue weighted by molar-refractivity contribution is 5.98. The van der Waals surface area contributed by atoms with Crippen LogP contribution in [0.5, 0.6) is 0 Å². The molecule has 0 heteroatoms. The lowest BCUT2D eigenvalue weighted by atomic mass is 9.96. The van der Waals surface area contributed by atoms with Gasteiger partial charge in [-0.1, -0.05) is 66.7 Å². The van der Waals surface area contributed by atoms with Crippen molar-refractivity contribution in [3.05, 3.63) is 84.9 Å². The lowest BCUT2D eigenvalue weighted by molar-refractivity contribution is 1.67. The van der Waals surface area contributed by atoms with Gasteiger partial charge in [0, 0.05) is 0 Å². The number of hydrogen-bond acceptors (Lipinski definition) is 0. The Labute approximate surface area is 118 Å². The van der Waals surface area contributed by atoms with Gasteiger partial charge in [-0.3, -0.25) is 0 Å². The predicted molar refractivity (Wildman–Crippen MR) is 85.7 cm³/mol. The van der Waals surface area contributed by atoms with Gasteiger partial charge in [0.25, 0.3) is 0 Å². The summed E-state index contributed by atoms with van der Waals surface area (Å²) in [5, 5.41) is 4.96. The molecule has 4 rings (SSSR count). The van der Waals surface area contributed by atoms with E-state index in [-0.39, 0.29) is 0 Å². The van der Waals surface area contributed by atoms with Crippen molar-refractivity contribution in [3.8, 4) is 11.1 Å². The molecule has 0 bridgehead atoms. The molecule has 0 fully saturated rings. The van der Waals surface area contributed by atoms with Crippen LogP contribution in [0, 0.1) is 6.07 Å². The van der Waals surface area contributed by atoms with Gasteiger partial charge in [-0.25, -0.2) is 0 Å². The van der Waals surface area contributed by atoms with Crippen molar-refractivity contribution in [3.63, 3.8) is 0 Å². The zero-order chi connectivity index (χ0) is 13.4. The lowest BCUT2D eigenvalue weighted by Crippen LogP contribution is -1.82. The van der Waals surface area contributed by atoms with Crippen LogP contribution in [0.15, 0.2) is 78.9 Å². The highest BCUT2D eigenvalue weighted by atomic mass is 14.1. The van der Waals surface area contributed by atoms with Crippen LogP contribution >= 0.6 is 0 Å². The van der Waals surface area contributed by atoms with Crippen LogP contribution in [0.4, 0.5) is 0 Å². The van der Waals surface area contributed by atoms with E-state index in [0.717, 1.165) is 5.39 Å². The first kappa shape index (κ1) is 11.2. The van der Waals surface area contributed by atoms with E-state index >= 15 is 0 Å². The van der Waals surface area contributed by atoms with E-state index in [1.807, 2.05) is 0 Å². The average molecular weight is 253 g/mol. The number of rotatable bonds is 1. The Morgan fingerprint density at radius 3 is 2.35 bits per heavy atom. The SMILES string of the molecule is [c]1cc(-c2cccc3ccccc23)cc2ccccc12. The summed E-state index contributed by atoms with van der Waals surface area (Å²) in [7, 11) is 0. The third-order valence-corrected chi connectivity index (χ3v) is 3.76. The van der Waals surface area contributed by atoms with E-state index in [4.69, 9.17) is 0 Å². The fraction of sp³-hybridized carbons (Fsp3) is 0. The van der Waals surface area contributed by atoms with Crippen molar-refractivity contribution in [2.75, 3.05) is 0 Å². The largest absolute Gasteiger partial charge is 0.0616 e. The van der Waals surface area contributed by atoms with E-state index in [9.17, 15) is 0 Å². The van der Waals surface area contributed by atoms with E-state index < -0.39 is 0 Å². The second-order valence-electron chi connectivity index (χ2n) is 5.00. The summed E-state index contributed by atoms with van der Waals surface area (Å²) in [6, 6.07) is 31.0. The Kier molecular flexibility index (Phi) is 2.53. The quantitative estimate of drug-likeness (QED) is 0.422. The maximum atomic E-state index is 3.38. The molecule has 0 nitrogen and oxygen atoms in total. The van der Waals surface area contributed by atoms with Gasteiger partial charge in [-0.15, -0.1) is 0 Å². The molecular formula is C20H13. The number of hydrogen-bond donors (Lipinski definition) is 0. The lowest BCUT2D eigenvalue weighted by Gasteiger charge is -2.08. The molecule has 0 unspecified atom stereocenters. The molecule has 0 aromatic heterocycles. The molecule has 0 atom stereocenters. The molecule has 93 valence electrons. The molecule has 4 aromatic carbocycles. The van der Waals surface area contributed by atoms with Crippen molar-refractivity contribution >= 4 is 21.5 Å². The molecule has 0 aliphatic heterocycles. The van der Waals surface area contributed by atoms with E-state index in [2.05, 4.69) is 84.9 Å². The van der Waals surface area contributed by atoms with Gasteiger partial charge in [-0.2, -0.15) is 0 Å². The molecule has 0 aliphatic rings. The van der Waals surface area contributed by atoms with Gasteiger partial charge in [0.15, 0.2) is 0 Å². The summed E-state index contributed by atoms with van der Waals surface area (Å²) in [5.74, 6) is 0. The summed E-state index contributed by atoms with van der Waals surface area (Å²) >= 11 is 0. The third kappa shape index (κ3) is 1.78. The maximum absolute atomic E-state index is 3.38. The van der Waals surface area contributed by atoms with E-state index in [1.165, 1.54) is 27.3 Å². The second-order valence-corrected chi connectivity index (χ2v) is 5.00. The molecule has 0 aliphatic carbocycles. The van der Waals surface area contributed by atoms with E-state index in [0.29, 0.717) is 0 Å². The number of fused-ring (bicyclic) bond motifs is 2. The minimum atomic E-state index is 1.16. The van der Waals surface area contributed by atoms with Gasteiger partial charge in [0.05, 0.1) is 0 Å². The van der Waals surface area contributed by atoms with Crippen LogP contribution in [-0.2, 0) is 0 Å². The van der Waals surface area contributed by atoms with Crippen molar-refractivity contribution < 1.29 is 0 Å². The Bertz CT molecular complexity index is 898. The highest BCUT2D eigenvalue weighted by Crippen LogP contribution is 2.30. The number of benzene rings is 4. The topological polar surface area (TPSA) is 0 Å². The minimum Gasteiger partial charge on any atom is -0.0616 e. The summed E-state index contributed by atoms with van der Waals surface area (Å²) in [5.41, 5.74) is 2.49. The Morgan fingerprint density at radius 2 is 1.40 bits per heavy atom. The van der Waals surface area contributed by atoms with Gasteiger partial charge >= 0.3 is 0 Å². The Hall–Kier alpha value is -2.60. The van der Waals surface area contributed by atoms with Gasteiger partial charge in [0.1, 0.15) is 0 Å². The third-order valence-electron chi connectivity index (χ3n) is 3.76. The standard InChI is InChI=1S/C20H13/c1-2-8-17-14-18(13-12-15(17)6-1)20-11-5-9-16-7-3-4-10-19(16)20/h1-11,13-14H. The fourth-order valence-corrected chi connectivity index (χ4v) is 2.75. The van der Waals surface area contributed by atoms with Crippen LogP contribution in [0.1, 0.15) is 0 Å². The smallest absolute Gasteiger partial charge is 0.00928 e. The molecule has 0 saturated heterocycles. The molecule has 0 spiro atoms. The normalized spacial score (nSPS) is 11.0. The average Bonchev–Trinajstić information content (AvgIpc) is 2.54. The first-order chi connectivity index (χ1) is 9.92. The van der Waals surface area contributed by atoms with Gasteiger partial charge < -0.3 is 0 Å². The molecule has 0 amide bonds. The minimum absolute atomic E-state index is 1.16. The summed E-state index contributed by atoms with van der Waals surface area (Å²) < 4.78 is 0. The molecule has 0 N–H and O–H groups in total.